The largest absolute Gasteiger partial charge is 0.417 e. The van der Waals surface area contributed by atoms with Gasteiger partial charge in [0.15, 0.2) is 5.82 Å². The van der Waals surface area contributed by atoms with E-state index in [-0.39, 0.29) is 17.4 Å². The van der Waals surface area contributed by atoms with Crippen LogP contribution in [-0.2, 0) is 12.7 Å². The van der Waals surface area contributed by atoms with Crippen molar-refractivity contribution in [3.05, 3.63) is 41.0 Å². The van der Waals surface area contributed by atoms with Crippen LogP contribution in [0.2, 0.25) is 0 Å². The predicted octanol–water partition coefficient (Wildman–Crippen LogP) is 3.84. The summed E-state index contributed by atoms with van der Waals surface area (Å²) >= 11 is 0. The first-order valence-electron chi connectivity index (χ1n) is 6.72. The fourth-order valence-corrected chi connectivity index (χ4v) is 2.09. The highest BCUT2D eigenvalue weighted by molar-refractivity contribution is 5.55. The predicted molar refractivity (Wildman–Crippen MR) is 72.3 cm³/mol. The average molecular weight is 364 g/mol. The van der Waals surface area contributed by atoms with Crippen LogP contribution < -0.4 is 4.90 Å². The maximum Gasteiger partial charge on any atom is 0.417 e. The minimum Gasteiger partial charge on any atom is -0.355 e. The molecule has 0 atom stereocenters. The molecule has 11 heteroatoms. The van der Waals surface area contributed by atoms with E-state index in [9.17, 15) is 26.3 Å². The van der Waals surface area contributed by atoms with Crippen LogP contribution in [-0.4, -0.2) is 22.9 Å². The molecule has 0 aliphatic carbocycles. The van der Waals surface area contributed by atoms with E-state index in [4.69, 9.17) is 5.26 Å². The van der Waals surface area contributed by atoms with Crippen molar-refractivity contribution >= 4 is 5.69 Å². The topological polar surface area (TPSA) is 66.0 Å². The minimum absolute atomic E-state index is 0.109. The van der Waals surface area contributed by atoms with E-state index in [1.165, 1.54) is 13.0 Å². The van der Waals surface area contributed by atoms with Gasteiger partial charge in [0.1, 0.15) is 6.54 Å². The molecule has 0 bridgehead atoms. The number of halogens is 6. The number of aryl methyl sites for hydroxylation is 1. The molecule has 0 fully saturated rings. The summed E-state index contributed by atoms with van der Waals surface area (Å²) in [5, 5.41) is 12.2. The second kappa shape index (κ2) is 6.62. The van der Waals surface area contributed by atoms with E-state index in [1.54, 1.807) is 0 Å². The summed E-state index contributed by atoms with van der Waals surface area (Å²) in [6, 6.07) is 3.70. The standard InChI is InChI=1S/C14H10F6N4O/c1-8-22-12(23-25-8)6-24(7-13(15,16)17)10-3-2-9(5-21)11(4-10)14(18,19)20/h2-4H,6-7H2,1H3. The Hall–Kier alpha value is -2.77. The first-order valence-corrected chi connectivity index (χ1v) is 6.72. The van der Waals surface area contributed by atoms with E-state index in [0.29, 0.717) is 11.0 Å². The van der Waals surface area contributed by atoms with Crippen LogP contribution >= 0.6 is 0 Å². The lowest BCUT2D eigenvalue weighted by atomic mass is 10.1. The van der Waals surface area contributed by atoms with Gasteiger partial charge in [-0.05, 0) is 18.2 Å². The summed E-state index contributed by atoms with van der Waals surface area (Å²) in [7, 11) is 0. The van der Waals surface area contributed by atoms with Crippen molar-refractivity contribution in [1.82, 2.24) is 10.1 Å². The maximum absolute atomic E-state index is 13.0. The van der Waals surface area contributed by atoms with Gasteiger partial charge in [-0.2, -0.15) is 36.6 Å². The Bertz CT molecular complexity index is 790. The highest BCUT2D eigenvalue weighted by Gasteiger charge is 2.36. The molecule has 2 aromatic rings. The summed E-state index contributed by atoms with van der Waals surface area (Å²) in [4.78, 5) is 4.38. The smallest absolute Gasteiger partial charge is 0.355 e. The average Bonchev–Trinajstić information content (AvgIpc) is 2.89. The molecule has 5 nitrogen and oxygen atoms in total. The van der Waals surface area contributed by atoms with Crippen molar-refractivity contribution in [3.63, 3.8) is 0 Å². The molecule has 2 rings (SSSR count). The molecule has 1 heterocycles. The summed E-state index contributed by atoms with van der Waals surface area (Å²) in [5.74, 6) is -0.00237. The second-order valence-corrected chi connectivity index (χ2v) is 5.04. The molecule has 0 saturated heterocycles. The molecule has 0 aliphatic rings. The summed E-state index contributed by atoms with van der Waals surface area (Å²) in [5.41, 5.74) is -2.37. The number of hydrogen-bond donors (Lipinski definition) is 0. The molecule has 0 unspecified atom stereocenters. The van der Waals surface area contributed by atoms with Gasteiger partial charge >= 0.3 is 12.4 Å². The first-order chi connectivity index (χ1) is 11.5. The fraction of sp³-hybridized carbons (Fsp3) is 0.357. The van der Waals surface area contributed by atoms with Crippen LogP contribution in [0.1, 0.15) is 22.8 Å². The number of nitrogens with zero attached hydrogens (tertiary/aromatic N) is 4. The van der Waals surface area contributed by atoms with Crippen LogP contribution in [0, 0.1) is 18.3 Å². The van der Waals surface area contributed by atoms with Crippen molar-refractivity contribution < 1.29 is 30.9 Å². The van der Waals surface area contributed by atoms with E-state index >= 15 is 0 Å². The van der Waals surface area contributed by atoms with Crippen molar-refractivity contribution in [3.8, 4) is 6.07 Å². The minimum atomic E-state index is -4.88. The van der Waals surface area contributed by atoms with Gasteiger partial charge < -0.3 is 9.42 Å². The highest BCUT2D eigenvalue weighted by atomic mass is 19.4. The van der Waals surface area contributed by atoms with Gasteiger partial charge in [-0.15, -0.1) is 0 Å². The van der Waals surface area contributed by atoms with Crippen molar-refractivity contribution in [1.29, 1.82) is 5.26 Å². The van der Waals surface area contributed by atoms with Crippen molar-refractivity contribution in [2.24, 2.45) is 0 Å². The molecule has 25 heavy (non-hydrogen) atoms. The fourth-order valence-electron chi connectivity index (χ4n) is 2.09. The monoisotopic (exact) mass is 364 g/mol. The summed E-state index contributed by atoms with van der Waals surface area (Å²) in [6.07, 6.45) is -9.56. The second-order valence-electron chi connectivity index (χ2n) is 5.04. The van der Waals surface area contributed by atoms with Crippen molar-refractivity contribution in [2.75, 3.05) is 11.4 Å². The van der Waals surface area contributed by atoms with E-state index < -0.39 is 36.6 Å². The quantitative estimate of drug-likeness (QED) is 0.772. The third-order valence-electron chi connectivity index (χ3n) is 3.07. The summed E-state index contributed by atoms with van der Waals surface area (Å²) < 4.78 is 82.1. The van der Waals surface area contributed by atoms with Gasteiger partial charge in [0.05, 0.1) is 23.7 Å². The molecule has 0 amide bonds. The van der Waals surface area contributed by atoms with Gasteiger partial charge in [0, 0.05) is 12.6 Å². The zero-order valence-corrected chi connectivity index (χ0v) is 12.6. The Morgan fingerprint density at radius 3 is 2.36 bits per heavy atom. The molecule has 134 valence electrons. The number of hydrogen-bond acceptors (Lipinski definition) is 5. The van der Waals surface area contributed by atoms with E-state index in [2.05, 4.69) is 14.7 Å². The number of alkyl halides is 6. The lowest BCUT2D eigenvalue weighted by molar-refractivity contribution is -0.137. The van der Waals surface area contributed by atoms with Crippen LogP contribution in [0.3, 0.4) is 0 Å². The number of nitriles is 1. The third-order valence-corrected chi connectivity index (χ3v) is 3.07. The van der Waals surface area contributed by atoms with Gasteiger partial charge in [0.2, 0.25) is 5.89 Å². The van der Waals surface area contributed by atoms with Gasteiger partial charge in [-0.25, -0.2) is 0 Å². The maximum atomic E-state index is 13.0. The number of aromatic nitrogens is 2. The Morgan fingerprint density at radius 1 is 1.20 bits per heavy atom. The van der Waals surface area contributed by atoms with Gasteiger partial charge in [0.25, 0.3) is 0 Å². The van der Waals surface area contributed by atoms with E-state index in [0.717, 1.165) is 12.1 Å². The molecule has 0 aliphatic heterocycles. The van der Waals surface area contributed by atoms with Gasteiger partial charge in [-0.3, -0.25) is 0 Å². The number of benzene rings is 1. The highest BCUT2D eigenvalue weighted by Crippen LogP contribution is 2.35. The molecule has 0 radical (unpaired) electrons. The Morgan fingerprint density at radius 2 is 1.88 bits per heavy atom. The molecule has 1 aromatic carbocycles. The Labute approximate surface area is 137 Å². The zero-order valence-electron chi connectivity index (χ0n) is 12.6. The van der Waals surface area contributed by atoms with Crippen molar-refractivity contribution in [2.45, 2.75) is 25.8 Å². The van der Waals surface area contributed by atoms with Gasteiger partial charge in [-0.1, -0.05) is 5.16 Å². The van der Waals surface area contributed by atoms with Crippen LogP contribution in [0.4, 0.5) is 32.0 Å². The number of rotatable bonds is 4. The first kappa shape index (κ1) is 18.6. The molecule has 0 spiro atoms. The lowest BCUT2D eigenvalue weighted by Crippen LogP contribution is -2.34. The zero-order chi connectivity index (χ0) is 18.8. The molecule has 0 saturated carbocycles. The summed E-state index contributed by atoms with van der Waals surface area (Å²) in [6.45, 7) is -0.613. The molecule has 0 N–H and O–H groups in total. The Balaban J connectivity index is 2.44. The molecule has 1 aromatic heterocycles. The van der Waals surface area contributed by atoms with Crippen LogP contribution in [0.25, 0.3) is 0 Å². The normalized spacial score (nSPS) is 12.1. The molecular formula is C14H10F6N4O. The SMILES string of the molecule is Cc1nc(CN(CC(F)(F)F)c2ccc(C#N)c(C(F)(F)F)c2)no1. The number of anilines is 1. The van der Waals surface area contributed by atoms with Crippen LogP contribution in [0.15, 0.2) is 22.7 Å². The van der Waals surface area contributed by atoms with E-state index in [1.807, 2.05) is 0 Å². The third kappa shape index (κ3) is 4.85. The van der Waals surface area contributed by atoms with Crippen LogP contribution in [0.5, 0.6) is 0 Å². The molecular weight excluding hydrogens is 354 g/mol. The Kier molecular flexibility index (Phi) is 4.92. The lowest BCUT2D eigenvalue weighted by Gasteiger charge is -2.25.